The molecule has 0 aliphatic carbocycles. The van der Waals surface area contributed by atoms with Gasteiger partial charge in [-0.1, -0.05) is 20.8 Å². The molecule has 28 heavy (non-hydrogen) atoms. The van der Waals surface area contributed by atoms with Crippen LogP contribution in [-0.4, -0.2) is 48.9 Å². The van der Waals surface area contributed by atoms with Crippen LogP contribution in [0.15, 0.2) is 24.9 Å². The van der Waals surface area contributed by atoms with Gasteiger partial charge in [-0.15, -0.1) is 0 Å². The lowest BCUT2D eigenvalue weighted by molar-refractivity contribution is -0.147. The van der Waals surface area contributed by atoms with E-state index < -0.39 is 0 Å². The summed E-state index contributed by atoms with van der Waals surface area (Å²) in [7, 11) is 1.88. The van der Waals surface area contributed by atoms with Gasteiger partial charge in [-0.25, -0.2) is 9.97 Å². The molecule has 2 unspecified atom stereocenters. The van der Waals surface area contributed by atoms with Crippen LogP contribution in [0.4, 0.5) is 0 Å². The number of hydrogen-bond acceptors (Lipinski definition) is 4. The van der Waals surface area contributed by atoms with Crippen molar-refractivity contribution in [2.75, 3.05) is 13.1 Å². The number of hydrogen-bond donors (Lipinski definition) is 1. The molecule has 2 aromatic rings. The molecule has 0 saturated carbocycles. The van der Waals surface area contributed by atoms with Crippen LogP contribution in [0.3, 0.4) is 0 Å². The average molecular weight is 384 g/mol. The monoisotopic (exact) mass is 384 g/mol. The summed E-state index contributed by atoms with van der Waals surface area (Å²) < 4.78 is 4.01. The molecule has 0 bridgehead atoms. The zero-order valence-corrected chi connectivity index (χ0v) is 16.9. The Morgan fingerprint density at radius 2 is 2.07 bits per heavy atom. The molecule has 0 aromatic carbocycles. The molecule has 2 aliphatic heterocycles. The molecule has 2 aliphatic rings. The normalized spacial score (nSPS) is 20.9. The summed E-state index contributed by atoms with van der Waals surface area (Å²) in [6.45, 7) is 7.52. The van der Waals surface area contributed by atoms with Crippen LogP contribution in [0.1, 0.15) is 44.8 Å². The van der Waals surface area contributed by atoms with E-state index in [1.54, 1.807) is 18.7 Å². The van der Waals surface area contributed by atoms with Crippen LogP contribution in [0.25, 0.3) is 0 Å². The lowest BCUT2D eigenvalue weighted by Crippen LogP contribution is -2.64. The lowest BCUT2D eigenvalue weighted by atomic mass is 9.84. The third-order valence-corrected chi connectivity index (χ3v) is 6.34. The van der Waals surface area contributed by atoms with Gasteiger partial charge in [0.15, 0.2) is 0 Å². The van der Waals surface area contributed by atoms with E-state index in [4.69, 9.17) is 0 Å². The molecule has 150 valence electrons. The maximum atomic E-state index is 12.6. The van der Waals surface area contributed by atoms with Crippen molar-refractivity contribution in [1.29, 1.82) is 0 Å². The van der Waals surface area contributed by atoms with Crippen LogP contribution in [0.2, 0.25) is 0 Å². The highest BCUT2D eigenvalue weighted by molar-refractivity contribution is 5.80. The summed E-state index contributed by atoms with van der Waals surface area (Å²) in [4.78, 5) is 35.7. The highest BCUT2D eigenvalue weighted by atomic mass is 16.2. The molecule has 0 radical (unpaired) electrons. The second-order valence-electron chi connectivity index (χ2n) is 8.60. The number of likely N-dealkylation sites (tertiary alicyclic amines) is 1. The molecular weight excluding hydrogens is 356 g/mol. The first kappa shape index (κ1) is 18.7. The molecular formula is C20H28N6O2. The zero-order chi connectivity index (χ0) is 20.1. The number of nitrogens with zero attached hydrogens (tertiary/aromatic N) is 5. The second-order valence-corrected chi connectivity index (χ2v) is 8.60. The molecule has 4 rings (SSSR count). The number of rotatable bonds is 5. The Bertz CT molecular complexity index is 892. The molecule has 1 spiro atoms. The highest BCUT2D eigenvalue weighted by Gasteiger charge is 2.54. The van der Waals surface area contributed by atoms with E-state index in [1.165, 1.54) is 0 Å². The van der Waals surface area contributed by atoms with Gasteiger partial charge in [0.05, 0.1) is 24.3 Å². The molecule has 1 saturated heterocycles. The van der Waals surface area contributed by atoms with Crippen molar-refractivity contribution < 1.29 is 9.59 Å². The van der Waals surface area contributed by atoms with Gasteiger partial charge in [-0.3, -0.25) is 9.59 Å². The fourth-order valence-corrected chi connectivity index (χ4v) is 4.30. The number of aryl methyl sites for hydroxylation is 1. The van der Waals surface area contributed by atoms with Gasteiger partial charge in [0.25, 0.3) is 0 Å². The minimum absolute atomic E-state index is 0.0235. The first-order valence-corrected chi connectivity index (χ1v) is 9.88. The molecule has 2 atom stereocenters. The van der Waals surface area contributed by atoms with Gasteiger partial charge in [-0.05, 0) is 5.92 Å². The number of nitrogens with one attached hydrogen (secondary N) is 1. The van der Waals surface area contributed by atoms with Gasteiger partial charge in [0.2, 0.25) is 11.8 Å². The van der Waals surface area contributed by atoms with Crippen molar-refractivity contribution in [3.63, 3.8) is 0 Å². The summed E-state index contributed by atoms with van der Waals surface area (Å²) >= 11 is 0. The Morgan fingerprint density at radius 1 is 1.32 bits per heavy atom. The van der Waals surface area contributed by atoms with Crippen molar-refractivity contribution in [1.82, 2.24) is 29.3 Å². The Labute approximate surface area is 164 Å². The quantitative estimate of drug-likeness (QED) is 0.841. The number of carbonyl (C=O) groups is 2. The predicted octanol–water partition coefficient (Wildman–Crippen LogP) is 1.25. The van der Waals surface area contributed by atoms with Gasteiger partial charge < -0.3 is 19.4 Å². The number of fused-ring (bicyclic) bond motifs is 2. The summed E-state index contributed by atoms with van der Waals surface area (Å²) in [5.74, 6) is 1.40. The van der Waals surface area contributed by atoms with Gasteiger partial charge in [0.1, 0.15) is 5.82 Å². The number of amides is 2. The second kappa shape index (κ2) is 6.76. The van der Waals surface area contributed by atoms with Crippen molar-refractivity contribution in [3.8, 4) is 0 Å². The molecule has 2 aromatic heterocycles. The first-order chi connectivity index (χ1) is 13.3. The fourth-order valence-electron chi connectivity index (χ4n) is 4.30. The Kier molecular flexibility index (Phi) is 4.51. The van der Waals surface area contributed by atoms with Gasteiger partial charge in [-0.2, -0.15) is 0 Å². The summed E-state index contributed by atoms with van der Waals surface area (Å²) in [6.07, 6.45) is 8.21. The third-order valence-electron chi connectivity index (χ3n) is 6.34. The van der Waals surface area contributed by atoms with Gasteiger partial charge in [0, 0.05) is 56.8 Å². The van der Waals surface area contributed by atoms with Crippen molar-refractivity contribution >= 4 is 11.8 Å². The Hall–Kier alpha value is -2.64. The van der Waals surface area contributed by atoms with E-state index in [9.17, 15) is 9.59 Å². The standard InChI is InChI=1S/C20H28N6O2/c1-13(2)14(3)19(28)25-10-20(11-25)8-16(18-22-5-6-26(18)20)23-17(27)7-15-9-21-12-24(15)4/h5-6,9,12-14,16H,7-8,10-11H2,1-4H3,(H,23,27). The molecule has 2 amide bonds. The largest absolute Gasteiger partial charge is 0.346 e. The summed E-state index contributed by atoms with van der Waals surface area (Å²) in [5, 5.41) is 3.13. The minimum atomic E-state index is -0.150. The van der Waals surface area contributed by atoms with E-state index in [0.29, 0.717) is 19.0 Å². The predicted molar refractivity (Wildman–Crippen MR) is 103 cm³/mol. The van der Waals surface area contributed by atoms with Gasteiger partial charge >= 0.3 is 0 Å². The van der Waals surface area contributed by atoms with E-state index in [0.717, 1.165) is 17.9 Å². The Morgan fingerprint density at radius 3 is 2.71 bits per heavy atom. The molecule has 8 nitrogen and oxygen atoms in total. The van der Waals surface area contributed by atoms with E-state index >= 15 is 0 Å². The average Bonchev–Trinajstić information content (AvgIpc) is 3.30. The minimum Gasteiger partial charge on any atom is -0.346 e. The summed E-state index contributed by atoms with van der Waals surface area (Å²) in [6, 6.07) is -0.129. The lowest BCUT2D eigenvalue weighted by Gasteiger charge is -2.50. The van der Waals surface area contributed by atoms with Crippen LogP contribution in [0.5, 0.6) is 0 Å². The third kappa shape index (κ3) is 3.00. The van der Waals surface area contributed by atoms with E-state index in [1.807, 2.05) is 29.6 Å². The maximum absolute atomic E-state index is 12.6. The van der Waals surface area contributed by atoms with Crippen molar-refractivity contribution in [2.24, 2.45) is 18.9 Å². The van der Waals surface area contributed by atoms with E-state index in [-0.39, 0.29) is 35.7 Å². The molecule has 4 heterocycles. The molecule has 8 heteroatoms. The van der Waals surface area contributed by atoms with E-state index in [2.05, 4.69) is 33.7 Å². The topological polar surface area (TPSA) is 85.1 Å². The molecule has 1 N–H and O–H groups in total. The van der Waals surface area contributed by atoms with Crippen LogP contribution < -0.4 is 5.32 Å². The molecule has 1 fully saturated rings. The van der Waals surface area contributed by atoms with Crippen LogP contribution in [-0.2, 0) is 28.6 Å². The number of imidazole rings is 2. The van der Waals surface area contributed by atoms with Crippen LogP contribution >= 0.6 is 0 Å². The van der Waals surface area contributed by atoms with Crippen LogP contribution in [0, 0.1) is 11.8 Å². The SMILES string of the molecule is CC(C)C(C)C(=O)N1CC2(CC(NC(=O)Cc3cncn3C)c3nccn32)C1. The summed E-state index contributed by atoms with van der Waals surface area (Å²) in [5.41, 5.74) is 0.722. The first-order valence-electron chi connectivity index (χ1n) is 9.88. The number of carbonyl (C=O) groups excluding carboxylic acids is 2. The highest BCUT2D eigenvalue weighted by Crippen LogP contribution is 2.45. The smallest absolute Gasteiger partial charge is 0.226 e. The fraction of sp³-hybridized carbons (Fsp3) is 0.600. The van der Waals surface area contributed by atoms with Crippen molar-refractivity contribution in [2.45, 2.75) is 45.2 Å². The van der Waals surface area contributed by atoms with Crippen molar-refractivity contribution in [3.05, 3.63) is 36.4 Å². The zero-order valence-electron chi connectivity index (χ0n) is 16.9. The Balaban J connectivity index is 1.43. The number of aromatic nitrogens is 4. The maximum Gasteiger partial charge on any atom is 0.226 e.